The van der Waals surface area contributed by atoms with E-state index < -0.39 is 0 Å². The van der Waals surface area contributed by atoms with Gasteiger partial charge in [-0.1, -0.05) is 26.7 Å². The summed E-state index contributed by atoms with van der Waals surface area (Å²) < 4.78 is 5.03. The Morgan fingerprint density at radius 1 is 1.38 bits per heavy atom. The van der Waals surface area contributed by atoms with Crippen molar-refractivity contribution in [1.82, 2.24) is 5.32 Å². The Balaban J connectivity index is 2.45. The number of hydrogen-bond acceptors (Lipinski definition) is 3. The van der Waals surface area contributed by atoms with E-state index in [1.807, 2.05) is 6.92 Å². The maximum atomic E-state index is 11.5. The van der Waals surface area contributed by atoms with E-state index >= 15 is 0 Å². The lowest BCUT2D eigenvalue weighted by Crippen LogP contribution is -2.41. The van der Waals surface area contributed by atoms with Crippen molar-refractivity contribution in [2.45, 2.75) is 65.0 Å². The second-order valence-electron chi connectivity index (χ2n) is 4.98. The molecule has 3 nitrogen and oxygen atoms in total. The number of carbonyl (C=O) groups is 1. The van der Waals surface area contributed by atoms with Crippen LogP contribution in [0.1, 0.15) is 52.9 Å². The Bertz CT molecular complexity index is 210. The van der Waals surface area contributed by atoms with Gasteiger partial charge in [-0.25, -0.2) is 0 Å². The van der Waals surface area contributed by atoms with Gasteiger partial charge in [-0.15, -0.1) is 0 Å². The van der Waals surface area contributed by atoms with Crippen molar-refractivity contribution >= 4 is 5.97 Å². The fourth-order valence-corrected chi connectivity index (χ4v) is 2.55. The first-order valence-corrected chi connectivity index (χ1v) is 6.55. The highest BCUT2D eigenvalue weighted by atomic mass is 16.5. The second-order valence-corrected chi connectivity index (χ2v) is 4.98. The molecule has 1 N–H and O–H groups in total. The van der Waals surface area contributed by atoms with Crippen molar-refractivity contribution in [1.29, 1.82) is 0 Å². The summed E-state index contributed by atoms with van der Waals surface area (Å²) in [6.07, 6.45) is 5.65. The molecule has 3 heteroatoms. The molecule has 16 heavy (non-hydrogen) atoms. The third kappa shape index (κ3) is 4.52. The third-order valence-electron chi connectivity index (χ3n) is 3.21. The maximum Gasteiger partial charge on any atom is 0.307 e. The van der Waals surface area contributed by atoms with E-state index in [0.29, 0.717) is 31.0 Å². The Labute approximate surface area is 98.9 Å². The molecule has 1 saturated carbocycles. The van der Waals surface area contributed by atoms with Crippen LogP contribution in [0.5, 0.6) is 0 Å². The van der Waals surface area contributed by atoms with E-state index in [1.165, 1.54) is 25.7 Å². The summed E-state index contributed by atoms with van der Waals surface area (Å²) in [4.78, 5) is 11.5. The van der Waals surface area contributed by atoms with Crippen molar-refractivity contribution in [2.75, 3.05) is 6.61 Å². The highest BCUT2D eigenvalue weighted by Gasteiger charge is 2.27. The summed E-state index contributed by atoms with van der Waals surface area (Å²) in [5, 5.41) is 3.51. The van der Waals surface area contributed by atoms with Crippen molar-refractivity contribution < 1.29 is 9.53 Å². The summed E-state index contributed by atoms with van der Waals surface area (Å²) in [5.41, 5.74) is 0. The van der Waals surface area contributed by atoms with Crippen LogP contribution in [0, 0.1) is 5.92 Å². The molecule has 1 fully saturated rings. The van der Waals surface area contributed by atoms with Crippen LogP contribution in [0.25, 0.3) is 0 Å². The van der Waals surface area contributed by atoms with Gasteiger partial charge in [0.25, 0.3) is 0 Å². The summed E-state index contributed by atoms with van der Waals surface area (Å²) in [7, 11) is 0. The average molecular weight is 227 g/mol. The molecular weight excluding hydrogens is 202 g/mol. The lowest BCUT2D eigenvalue weighted by molar-refractivity contribution is -0.144. The molecule has 0 bridgehead atoms. The number of rotatable bonds is 6. The molecule has 1 rings (SSSR count). The van der Waals surface area contributed by atoms with Gasteiger partial charge in [0.15, 0.2) is 0 Å². The standard InChI is InChI=1S/C13H25NO2/c1-4-16-13(15)9-12(14-10(2)3)11-7-5-6-8-11/h10-12,14H,4-9H2,1-3H3. The Kier molecular flexibility index (Phi) is 5.81. The van der Waals surface area contributed by atoms with Gasteiger partial charge in [0.1, 0.15) is 0 Å². The molecule has 0 saturated heterocycles. The van der Waals surface area contributed by atoms with Crippen LogP contribution in [0.2, 0.25) is 0 Å². The first-order chi connectivity index (χ1) is 7.63. The molecule has 1 unspecified atom stereocenters. The van der Waals surface area contributed by atoms with Gasteiger partial charge in [-0.2, -0.15) is 0 Å². The zero-order valence-corrected chi connectivity index (χ0v) is 10.8. The molecule has 0 heterocycles. The SMILES string of the molecule is CCOC(=O)CC(NC(C)C)C1CCCC1. The highest BCUT2D eigenvalue weighted by Crippen LogP contribution is 2.29. The van der Waals surface area contributed by atoms with E-state index in [2.05, 4.69) is 19.2 Å². The summed E-state index contributed by atoms with van der Waals surface area (Å²) >= 11 is 0. The maximum absolute atomic E-state index is 11.5. The molecule has 0 aromatic carbocycles. The van der Waals surface area contributed by atoms with Gasteiger partial charge in [0, 0.05) is 12.1 Å². The summed E-state index contributed by atoms with van der Waals surface area (Å²) in [5.74, 6) is 0.597. The predicted molar refractivity (Wildman–Crippen MR) is 65.3 cm³/mol. The van der Waals surface area contributed by atoms with Gasteiger partial charge >= 0.3 is 5.97 Å². The number of carbonyl (C=O) groups excluding carboxylic acids is 1. The van der Waals surface area contributed by atoms with Crippen LogP contribution < -0.4 is 5.32 Å². The molecule has 1 aliphatic carbocycles. The molecular formula is C13H25NO2. The molecule has 94 valence electrons. The van der Waals surface area contributed by atoms with Crippen molar-refractivity contribution in [2.24, 2.45) is 5.92 Å². The normalized spacial score (nSPS) is 19.0. The van der Waals surface area contributed by atoms with E-state index in [-0.39, 0.29) is 5.97 Å². The van der Waals surface area contributed by atoms with Crippen LogP contribution in [0.3, 0.4) is 0 Å². The number of nitrogens with one attached hydrogen (secondary N) is 1. The fraction of sp³-hybridized carbons (Fsp3) is 0.923. The quantitative estimate of drug-likeness (QED) is 0.708. The van der Waals surface area contributed by atoms with Crippen LogP contribution in [-0.4, -0.2) is 24.7 Å². The molecule has 0 aromatic rings. The van der Waals surface area contributed by atoms with Crippen LogP contribution in [0.15, 0.2) is 0 Å². The van der Waals surface area contributed by atoms with E-state index in [0.717, 1.165) is 0 Å². The van der Waals surface area contributed by atoms with Gasteiger partial charge in [-0.3, -0.25) is 4.79 Å². The first-order valence-electron chi connectivity index (χ1n) is 6.55. The van der Waals surface area contributed by atoms with Crippen molar-refractivity contribution in [3.05, 3.63) is 0 Å². The monoisotopic (exact) mass is 227 g/mol. The van der Waals surface area contributed by atoms with Crippen LogP contribution in [-0.2, 0) is 9.53 Å². The average Bonchev–Trinajstić information content (AvgIpc) is 2.68. The smallest absolute Gasteiger partial charge is 0.307 e. The zero-order valence-electron chi connectivity index (χ0n) is 10.8. The van der Waals surface area contributed by atoms with Crippen LogP contribution >= 0.6 is 0 Å². The lowest BCUT2D eigenvalue weighted by atomic mass is 9.94. The first kappa shape index (κ1) is 13.5. The zero-order chi connectivity index (χ0) is 12.0. The summed E-state index contributed by atoms with van der Waals surface area (Å²) in [6, 6.07) is 0.738. The Hall–Kier alpha value is -0.570. The minimum Gasteiger partial charge on any atom is -0.466 e. The highest BCUT2D eigenvalue weighted by molar-refractivity contribution is 5.70. The summed E-state index contributed by atoms with van der Waals surface area (Å²) in [6.45, 7) is 6.61. The van der Waals surface area contributed by atoms with Crippen molar-refractivity contribution in [3.8, 4) is 0 Å². The van der Waals surface area contributed by atoms with E-state index in [4.69, 9.17) is 4.74 Å². The predicted octanol–water partition coefficient (Wildman–Crippen LogP) is 2.50. The molecule has 0 spiro atoms. The number of hydrogen-bond donors (Lipinski definition) is 1. The topological polar surface area (TPSA) is 38.3 Å². The molecule has 1 atom stereocenters. The molecule has 1 aliphatic rings. The minimum atomic E-state index is -0.0625. The molecule has 0 amide bonds. The molecule has 0 radical (unpaired) electrons. The lowest BCUT2D eigenvalue weighted by Gasteiger charge is -2.26. The van der Waals surface area contributed by atoms with E-state index in [9.17, 15) is 4.79 Å². The van der Waals surface area contributed by atoms with Gasteiger partial charge in [-0.05, 0) is 25.7 Å². The number of esters is 1. The van der Waals surface area contributed by atoms with E-state index in [1.54, 1.807) is 0 Å². The van der Waals surface area contributed by atoms with Crippen molar-refractivity contribution in [3.63, 3.8) is 0 Å². The Morgan fingerprint density at radius 2 is 2.00 bits per heavy atom. The number of ether oxygens (including phenoxy) is 1. The van der Waals surface area contributed by atoms with Gasteiger partial charge < -0.3 is 10.1 Å². The van der Waals surface area contributed by atoms with Gasteiger partial charge in [0.2, 0.25) is 0 Å². The largest absolute Gasteiger partial charge is 0.466 e. The van der Waals surface area contributed by atoms with Crippen LogP contribution in [0.4, 0.5) is 0 Å². The molecule has 0 aromatic heterocycles. The Morgan fingerprint density at radius 3 is 2.50 bits per heavy atom. The third-order valence-corrected chi connectivity index (χ3v) is 3.21. The fourth-order valence-electron chi connectivity index (χ4n) is 2.55. The van der Waals surface area contributed by atoms with Gasteiger partial charge in [0.05, 0.1) is 13.0 Å². The molecule has 0 aliphatic heterocycles. The second kappa shape index (κ2) is 6.89. The minimum absolute atomic E-state index is 0.0625.